The van der Waals surface area contributed by atoms with Gasteiger partial charge in [0, 0.05) is 36.4 Å². The zero-order valence-corrected chi connectivity index (χ0v) is 42.2. The van der Waals surface area contributed by atoms with E-state index in [1.54, 1.807) is 42.7 Å². The van der Waals surface area contributed by atoms with Crippen LogP contribution in [0.3, 0.4) is 0 Å². The Morgan fingerprint density at radius 3 is 0.773 bits per heavy atom. The molecule has 0 aliphatic carbocycles. The zero-order valence-electron chi connectivity index (χ0n) is 42.2. The third-order valence-corrected chi connectivity index (χ3v) is 14.5. The van der Waals surface area contributed by atoms with Crippen molar-refractivity contribution in [3.8, 4) is 68.6 Å². The molecule has 0 saturated carbocycles. The quantitative estimate of drug-likeness (QED) is 0.0896. The molecule has 12 nitrogen and oxygen atoms in total. The average Bonchev–Trinajstić information content (AvgIpc) is 4.25. The van der Waals surface area contributed by atoms with E-state index in [1.165, 1.54) is 0 Å². The van der Waals surface area contributed by atoms with Crippen LogP contribution in [0.1, 0.15) is 0 Å². The number of imidazole rings is 3. The monoisotopic (exact) mass is 987 g/mol. The molecule has 0 aliphatic rings. The summed E-state index contributed by atoms with van der Waals surface area (Å²) in [4.78, 5) is 0. The van der Waals surface area contributed by atoms with Gasteiger partial charge in [-0.2, -0.15) is 27.4 Å². The Morgan fingerprint density at radius 1 is 0.267 bits per heavy atom. The van der Waals surface area contributed by atoms with E-state index in [-0.39, 0.29) is 0 Å². The minimum absolute atomic E-state index is 0.763. The van der Waals surface area contributed by atoms with E-state index in [2.05, 4.69) is 156 Å². The Hall–Kier alpha value is -9.81. The van der Waals surface area contributed by atoms with Crippen LogP contribution in [-0.2, 0) is 0 Å². The highest BCUT2D eigenvalue weighted by Crippen LogP contribution is 2.42. The van der Waals surface area contributed by atoms with E-state index in [0.717, 1.165) is 134 Å². The second kappa shape index (κ2) is 18.0. The first-order valence-corrected chi connectivity index (χ1v) is 24.5. The molecule has 12 heteroatoms. The summed E-state index contributed by atoms with van der Waals surface area (Å²) in [7, 11) is 10.2. The van der Waals surface area contributed by atoms with E-state index >= 15 is 0 Å². The van der Waals surface area contributed by atoms with Crippen molar-refractivity contribution in [3.05, 3.63) is 201 Å². The van der Waals surface area contributed by atoms with Gasteiger partial charge in [-0.05, 0) is 142 Å². The molecule has 0 saturated heterocycles. The lowest BCUT2D eigenvalue weighted by Crippen LogP contribution is -2.29. The molecular weight excluding hydrogens is 937 g/mol. The highest BCUT2D eigenvalue weighted by atomic mass is 16.5. The first kappa shape index (κ1) is 45.1. The molecule has 0 unspecified atom stereocenters. The van der Waals surface area contributed by atoms with E-state index in [4.69, 9.17) is 28.4 Å². The molecule has 0 N–H and O–H groups in total. The number of nitrogens with zero attached hydrogens (tertiary/aromatic N) is 6. The maximum absolute atomic E-state index is 5.79. The Kier molecular flexibility index (Phi) is 10.8. The van der Waals surface area contributed by atoms with E-state index < -0.39 is 0 Å². The molecule has 366 valence electrons. The Bertz CT molecular complexity index is 3670. The van der Waals surface area contributed by atoms with Gasteiger partial charge in [0.25, 0.3) is 19.0 Å². The number of hydrogen-bond acceptors (Lipinski definition) is 6. The minimum atomic E-state index is 0.763. The topological polar surface area (TPSA) is 81.8 Å². The summed E-state index contributed by atoms with van der Waals surface area (Å²) in [5.41, 5.74) is 11.8. The fraction of sp³-hybridized carbons (Fsp3) is 0.0952. The largest absolute Gasteiger partial charge is 0.497 e. The van der Waals surface area contributed by atoms with Crippen LogP contribution in [0.4, 0.5) is 0 Å². The summed E-state index contributed by atoms with van der Waals surface area (Å²) in [5.74, 6) is 4.58. The van der Waals surface area contributed by atoms with Crippen LogP contribution in [0.15, 0.2) is 201 Å². The van der Waals surface area contributed by atoms with Crippen molar-refractivity contribution in [2.45, 2.75) is 0 Å². The third-order valence-electron chi connectivity index (χ3n) is 14.5. The molecule has 75 heavy (non-hydrogen) atoms. The first-order chi connectivity index (χ1) is 36.8. The predicted octanol–water partition coefficient (Wildman–Crippen LogP) is 11.9. The fourth-order valence-electron chi connectivity index (χ4n) is 10.7. The van der Waals surface area contributed by atoms with Gasteiger partial charge in [-0.3, -0.25) is 0 Å². The maximum atomic E-state index is 5.79. The summed E-state index contributed by atoms with van der Waals surface area (Å²) in [5, 5.41) is 6.49. The number of rotatable bonds is 12. The molecule has 13 aromatic rings. The SMILES string of the molecule is COc1cccc(-n2c[n+](-c3cccc(OC)c3)c3cc4c(cc32)c2cc3c(cc2c2cc5c(cc42)n(-c2cccc(OC)c2)c[n+]5-c2cccc(OC)c2)n(-c2cccc(OC)c2)c[n+]3-c2cccc(OC)c2)c1. The van der Waals surface area contributed by atoms with Crippen LogP contribution in [0.5, 0.6) is 34.5 Å². The molecule has 3 heterocycles. The van der Waals surface area contributed by atoms with Crippen molar-refractivity contribution >= 4 is 65.4 Å². The van der Waals surface area contributed by atoms with Crippen molar-refractivity contribution < 1.29 is 42.1 Å². The van der Waals surface area contributed by atoms with Gasteiger partial charge in [-0.15, -0.1) is 0 Å². The first-order valence-electron chi connectivity index (χ1n) is 24.5. The normalized spacial score (nSPS) is 11.6. The standard InChI is InChI=1S/C63H51N6O6/c1-70-46-19-7-13-40(25-46)64-37-65(41-14-8-20-47(26-41)71-2)59-32-53-52(31-58(59)64)54-33-60-62(68(44-17-11-23-50(29-44)74-5)38-66(60)42-15-9-21-48(27-42)72-3)35-56(54)57-36-63-61(34-55(53)57)67(43-16-10-22-49(28-43)73-4)39-69(63)45-18-12-24-51(30-45)75-6/h7-39H,1-6H3/q+3. The van der Waals surface area contributed by atoms with Crippen LogP contribution in [-0.4, -0.2) is 56.4 Å². The number of hydrogen-bond donors (Lipinski definition) is 0. The Morgan fingerprint density at radius 2 is 0.507 bits per heavy atom. The third kappa shape index (κ3) is 7.48. The number of fused-ring (bicyclic) bond motifs is 9. The number of aromatic nitrogens is 6. The zero-order chi connectivity index (χ0) is 50.9. The van der Waals surface area contributed by atoms with Crippen molar-refractivity contribution in [1.29, 1.82) is 0 Å². The smallest absolute Gasteiger partial charge is 0.255 e. The summed E-state index contributed by atoms with van der Waals surface area (Å²) in [6.45, 7) is 0. The average molecular weight is 988 g/mol. The predicted molar refractivity (Wildman–Crippen MR) is 293 cm³/mol. The van der Waals surface area contributed by atoms with Crippen LogP contribution in [0.2, 0.25) is 0 Å². The van der Waals surface area contributed by atoms with E-state index in [0.29, 0.717) is 0 Å². The summed E-state index contributed by atoms with van der Waals surface area (Å²) in [6, 6.07) is 63.2. The molecule has 0 radical (unpaired) electrons. The summed E-state index contributed by atoms with van der Waals surface area (Å²) < 4.78 is 48.2. The van der Waals surface area contributed by atoms with Gasteiger partial charge in [-0.25, -0.2) is 0 Å². The minimum Gasteiger partial charge on any atom is -0.497 e. The lowest BCUT2D eigenvalue weighted by molar-refractivity contribution is -0.568. The van der Waals surface area contributed by atoms with Crippen molar-refractivity contribution in [1.82, 2.24) is 13.7 Å². The van der Waals surface area contributed by atoms with Crippen LogP contribution >= 0.6 is 0 Å². The fourth-order valence-corrected chi connectivity index (χ4v) is 10.7. The molecule has 3 aromatic heterocycles. The van der Waals surface area contributed by atoms with E-state index in [9.17, 15) is 0 Å². The molecule has 10 aromatic carbocycles. The molecule has 0 aliphatic heterocycles. The molecule has 0 spiro atoms. The maximum Gasteiger partial charge on any atom is 0.255 e. The van der Waals surface area contributed by atoms with Crippen molar-refractivity contribution in [2.24, 2.45) is 0 Å². The highest BCUT2D eigenvalue weighted by molar-refractivity contribution is 6.29. The van der Waals surface area contributed by atoms with Gasteiger partial charge in [0.05, 0.1) is 42.7 Å². The molecule has 13 rings (SSSR count). The van der Waals surface area contributed by atoms with Gasteiger partial charge in [0.1, 0.15) is 68.6 Å². The van der Waals surface area contributed by atoms with Crippen LogP contribution in [0.25, 0.3) is 99.5 Å². The Balaban J connectivity index is 1.23. The molecule has 0 atom stereocenters. The van der Waals surface area contributed by atoms with E-state index in [1.807, 2.05) is 72.8 Å². The molecular formula is C63H51N6O6+3. The number of benzene rings is 10. The van der Waals surface area contributed by atoms with Crippen molar-refractivity contribution in [2.75, 3.05) is 42.7 Å². The van der Waals surface area contributed by atoms with Crippen LogP contribution < -0.4 is 42.1 Å². The second-order valence-electron chi connectivity index (χ2n) is 18.4. The van der Waals surface area contributed by atoms with Gasteiger partial charge < -0.3 is 28.4 Å². The van der Waals surface area contributed by atoms with Gasteiger partial charge in [-0.1, -0.05) is 36.4 Å². The highest BCUT2D eigenvalue weighted by Gasteiger charge is 2.29. The number of methoxy groups -OCH3 is 6. The van der Waals surface area contributed by atoms with Crippen LogP contribution in [0, 0.1) is 0 Å². The van der Waals surface area contributed by atoms with Gasteiger partial charge in [0.2, 0.25) is 0 Å². The Labute approximate surface area is 431 Å². The molecule has 0 fully saturated rings. The second-order valence-corrected chi connectivity index (χ2v) is 18.4. The lowest BCUT2D eigenvalue weighted by Gasteiger charge is -2.12. The van der Waals surface area contributed by atoms with Crippen molar-refractivity contribution in [3.63, 3.8) is 0 Å². The summed E-state index contributed by atoms with van der Waals surface area (Å²) in [6.07, 6.45) is 6.47. The van der Waals surface area contributed by atoms with Gasteiger partial charge >= 0.3 is 0 Å². The number of ether oxygens (including phenoxy) is 6. The lowest BCUT2D eigenvalue weighted by atomic mass is 9.92. The van der Waals surface area contributed by atoms with Gasteiger partial charge in [0.15, 0.2) is 33.1 Å². The molecule has 0 bridgehead atoms. The molecule has 0 amide bonds. The summed E-state index contributed by atoms with van der Waals surface area (Å²) >= 11 is 0.